The zero-order valence-corrected chi connectivity index (χ0v) is 12.7. The van der Waals surface area contributed by atoms with Crippen molar-refractivity contribution in [1.82, 2.24) is 4.98 Å². The van der Waals surface area contributed by atoms with Gasteiger partial charge in [0.15, 0.2) is 5.01 Å². The highest BCUT2D eigenvalue weighted by Crippen LogP contribution is 2.25. The second-order valence-electron chi connectivity index (χ2n) is 4.31. The molecular weight excluding hydrogens is 308 g/mol. The maximum absolute atomic E-state index is 12.2. The van der Waals surface area contributed by atoms with Crippen molar-refractivity contribution < 1.29 is 9.53 Å². The van der Waals surface area contributed by atoms with Gasteiger partial charge in [-0.3, -0.25) is 4.79 Å². The fraction of sp³-hybridized carbons (Fsp3) is 0.0667. The van der Waals surface area contributed by atoms with Gasteiger partial charge in [0.2, 0.25) is 0 Å². The lowest BCUT2D eigenvalue weighted by atomic mass is 10.3. The van der Waals surface area contributed by atoms with Crippen LogP contribution >= 0.6 is 22.9 Å². The van der Waals surface area contributed by atoms with Crippen LogP contribution in [0.1, 0.15) is 9.80 Å². The van der Waals surface area contributed by atoms with Crippen molar-refractivity contribution in [2.45, 2.75) is 0 Å². The quantitative estimate of drug-likeness (QED) is 0.787. The average Bonchev–Trinajstić information content (AvgIpc) is 2.91. The van der Waals surface area contributed by atoms with Crippen LogP contribution in [0.25, 0.3) is 10.2 Å². The van der Waals surface area contributed by atoms with Gasteiger partial charge in [0.25, 0.3) is 5.91 Å². The highest BCUT2D eigenvalue weighted by Gasteiger charge is 2.12. The van der Waals surface area contributed by atoms with E-state index < -0.39 is 0 Å². The lowest BCUT2D eigenvalue weighted by molar-refractivity contribution is 0.102. The molecule has 106 valence electrons. The van der Waals surface area contributed by atoms with Crippen LogP contribution in [0.4, 0.5) is 5.69 Å². The molecule has 0 aliphatic carbocycles. The maximum atomic E-state index is 12.2. The molecule has 0 saturated carbocycles. The summed E-state index contributed by atoms with van der Waals surface area (Å²) < 4.78 is 6.00. The fourth-order valence-corrected chi connectivity index (χ4v) is 2.86. The van der Waals surface area contributed by atoms with E-state index in [0.29, 0.717) is 15.7 Å². The van der Waals surface area contributed by atoms with Gasteiger partial charge in [-0.25, -0.2) is 4.98 Å². The highest BCUT2D eigenvalue weighted by atomic mass is 35.5. The highest BCUT2D eigenvalue weighted by molar-refractivity contribution is 7.20. The van der Waals surface area contributed by atoms with Crippen molar-refractivity contribution in [2.24, 2.45) is 0 Å². The first-order valence-corrected chi connectivity index (χ1v) is 7.36. The van der Waals surface area contributed by atoms with Gasteiger partial charge in [0.1, 0.15) is 5.75 Å². The normalized spacial score (nSPS) is 10.6. The van der Waals surface area contributed by atoms with E-state index in [-0.39, 0.29) is 5.91 Å². The number of benzene rings is 2. The topological polar surface area (TPSA) is 51.2 Å². The van der Waals surface area contributed by atoms with E-state index >= 15 is 0 Å². The summed E-state index contributed by atoms with van der Waals surface area (Å²) in [6.07, 6.45) is 0. The lowest BCUT2D eigenvalue weighted by Gasteiger charge is -2.04. The molecule has 21 heavy (non-hydrogen) atoms. The Kier molecular flexibility index (Phi) is 3.77. The number of carbonyl (C=O) groups excluding carboxylic acids is 1. The average molecular weight is 319 g/mol. The number of ether oxygens (including phenoxy) is 1. The number of rotatable bonds is 3. The molecule has 1 amide bonds. The summed E-state index contributed by atoms with van der Waals surface area (Å²) in [4.78, 5) is 16.5. The molecule has 0 atom stereocenters. The molecule has 0 saturated heterocycles. The van der Waals surface area contributed by atoms with Crippen LogP contribution in [0.15, 0.2) is 42.5 Å². The van der Waals surface area contributed by atoms with E-state index in [1.807, 2.05) is 6.07 Å². The van der Waals surface area contributed by atoms with E-state index in [2.05, 4.69) is 10.3 Å². The van der Waals surface area contributed by atoms with Gasteiger partial charge in [-0.2, -0.15) is 0 Å². The Morgan fingerprint density at radius 3 is 2.71 bits per heavy atom. The van der Waals surface area contributed by atoms with Crippen LogP contribution in [-0.2, 0) is 0 Å². The van der Waals surface area contributed by atoms with Crippen molar-refractivity contribution in [2.75, 3.05) is 12.4 Å². The summed E-state index contributed by atoms with van der Waals surface area (Å²) in [5, 5.41) is 3.82. The monoisotopic (exact) mass is 318 g/mol. The molecule has 0 bridgehead atoms. The van der Waals surface area contributed by atoms with E-state index in [9.17, 15) is 4.79 Å². The summed E-state index contributed by atoms with van der Waals surface area (Å²) in [6, 6.07) is 12.5. The number of halogens is 1. The third-order valence-electron chi connectivity index (χ3n) is 2.89. The van der Waals surface area contributed by atoms with Crippen molar-refractivity contribution in [3.8, 4) is 5.75 Å². The molecule has 0 aliphatic rings. The number of carbonyl (C=O) groups is 1. The molecular formula is C15H11ClN2O2S. The largest absolute Gasteiger partial charge is 0.497 e. The zero-order chi connectivity index (χ0) is 14.8. The summed E-state index contributed by atoms with van der Waals surface area (Å²) in [5.41, 5.74) is 1.42. The fourth-order valence-electron chi connectivity index (χ4n) is 1.86. The molecule has 4 nitrogen and oxygen atoms in total. The number of hydrogen-bond acceptors (Lipinski definition) is 4. The summed E-state index contributed by atoms with van der Waals surface area (Å²) >= 11 is 7.25. The molecule has 0 spiro atoms. The lowest BCUT2D eigenvalue weighted by Crippen LogP contribution is -2.11. The van der Waals surface area contributed by atoms with Gasteiger partial charge in [0, 0.05) is 10.7 Å². The van der Waals surface area contributed by atoms with Crippen molar-refractivity contribution in [3.05, 3.63) is 52.5 Å². The van der Waals surface area contributed by atoms with Gasteiger partial charge in [0.05, 0.1) is 17.3 Å². The van der Waals surface area contributed by atoms with Gasteiger partial charge in [-0.1, -0.05) is 11.6 Å². The maximum Gasteiger partial charge on any atom is 0.284 e. The van der Waals surface area contributed by atoms with Crippen LogP contribution in [0.2, 0.25) is 5.02 Å². The van der Waals surface area contributed by atoms with Crippen molar-refractivity contribution in [1.29, 1.82) is 0 Å². The van der Waals surface area contributed by atoms with Gasteiger partial charge < -0.3 is 10.1 Å². The number of thiazole rings is 1. The number of hydrogen-bond donors (Lipinski definition) is 1. The Balaban J connectivity index is 1.82. The molecule has 3 aromatic rings. The third kappa shape index (κ3) is 2.99. The van der Waals surface area contributed by atoms with Crippen LogP contribution < -0.4 is 10.1 Å². The summed E-state index contributed by atoms with van der Waals surface area (Å²) in [5.74, 6) is 0.500. The minimum Gasteiger partial charge on any atom is -0.497 e. The van der Waals surface area contributed by atoms with E-state index in [4.69, 9.17) is 16.3 Å². The smallest absolute Gasteiger partial charge is 0.284 e. The number of nitrogens with one attached hydrogen (secondary N) is 1. The Hall–Kier alpha value is -2.11. The first kappa shape index (κ1) is 13.9. The first-order valence-electron chi connectivity index (χ1n) is 6.17. The third-order valence-corrected chi connectivity index (χ3v) is 4.16. The molecule has 1 aromatic heterocycles. The molecule has 1 N–H and O–H groups in total. The van der Waals surface area contributed by atoms with E-state index in [1.165, 1.54) is 11.3 Å². The Labute approximate surface area is 130 Å². The SMILES string of the molecule is COc1ccc(NC(=O)c2nc3cc(Cl)ccc3s2)cc1. The minimum absolute atomic E-state index is 0.238. The molecule has 0 radical (unpaired) electrons. The Morgan fingerprint density at radius 1 is 1.24 bits per heavy atom. The van der Waals surface area contributed by atoms with E-state index in [0.717, 1.165) is 16.0 Å². The Bertz CT molecular complexity index is 799. The first-order chi connectivity index (χ1) is 10.2. The van der Waals surface area contributed by atoms with Gasteiger partial charge in [-0.15, -0.1) is 11.3 Å². The predicted molar refractivity (Wildman–Crippen MR) is 85.6 cm³/mol. The number of fused-ring (bicyclic) bond motifs is 1. The van der Waals surface area contributed by atoms with Gasteiger partial charge in [-0.05, 0) is 42.5 Å². The standard InChI is InChI=1S/C15H11ClN2O2S/c1-20-11-5-3-10(4-6-11)17-14(19)15-18-12-8-9(16)2-7-13(12)21-15/h2-8H,1H3,(H,17,19). The number of amides is 1. The van der Waals surface area contributed by atoms with Crippen LogP contribution in [-0.4, -0.2) is 18.0 Å². The minimum atomic E-state index is -0.238. The van der Waals surface area contributed by atoms with Crippen molar-refractivity contribution >= 4 is 44.7 Å². The molecule has 1 heterocycles. The van der Waals surface area contributed by atoms with Crippen LogP contribution in [0, 0.1) is 0 Å². The molecule has 6 heteroatoms. The zero-order valence-electron chi connectivity index (χ0n) is 11.1. The van der Waals surface area contributed by atoms with Crippen LogP contribution in [0.3, 0.4) is 0 Å². The predicted octanol–water partition coefficient (Wildman–Crippen LogP) is 4.21. The number of nitrogens with zero attached hydrogens (tertiary/aromatic N) is 1. The number of aromatic nitrogens is 1. The summed E-state index contributed by atoms with van der Waals surface area (Å²) in [7, 11) is 1.60. The molecule has 0 aliphatic heterocycles. The number of methoxy groups -OCH3 is 1. The van der Waals surface area contributed by atoms with Crippen molar-refractivity contribution in [3.63, 3.8) is 0 Å². The second kappa shape index (κ2) is 5.71. The molecule has 0 fully saturated rings. The summed E-state index contributed by atoms with van der Waals surface area (Å²) in [6.45, 7) is 0. The molecule has 3 rings (SSSR count). The second-order valence-corrected chi connectivity index (χ2v) is 5.78. The molecule has 2 aromatic carbocycles. The van der Waals surface area contributed by atoms with Crippen LogP contribution in [0.5, 0.6) is 5.75 Å². The van der Waals surface area contributed by atoms with Gasteiger partial charge >= 0.3 is 0 Å². The Morgan fingerprint density at radius 2 is 2.00 bits per heavy atom. The number of anilines is 1. The van der Waals surface area contributed by atoms with E-state index in [1.54, 1.807) is 43.5 Å². The molecule has 0 unspecified atom stereocenters.